The van der Waals surface area contributed by atoms with E-state index in [9.17, 15) is 24.0 Å². The van der Waals surface area contributed by atoms with Crippen LogP contribution in [0, 0.1) is 23.4 Å². The van der Waals surface area contributed by atoms with Crippen molar-refractivity contribution in [1.29, 1.82) is 0 Å². The largest absolute Gasteiger partial charge is 0.384 e. The van der Waals surface area contributed by atoms with Crippen LogP contribution < -0.4 is 21.1 Å². The molecule has 11 rings (SSSR count). The highest BCUT2D eigenvalue weighted by Crippen LogP contribution is 2.45. The van der Waals surface area contributed by atoms with Gasteiger partial charge < -0.3 is 14.8 Å². The lowest BCUT2D eigenvalue weighted by atomic mass is 9.85. The van der Waals surface area contributed by atoms with Crippen LogP contribution in [0.4, 0.5) is 24.5 Å². The van der Waals surface area contributed by atoms with E-state index in [-0.39, 0.29) is 59.3 Å². The van der Waals surface area contributed by atoms with Crippen molar-refractivity contribution in [2.75, 3.05) is 69.1 Å². The molecule has 2 N–H and O–H groups in total. The average Bonchev–Trinajstić information content (AvgIpc) is 4.05. The molecule has 15 nitrogen and oxygen atoms in total. The number of carbonyl (C=O) groups excluding carboxylic acids is 4. The Balaban J connectivity index is 0.679. The lowest BCUT2D eigenvalue weighted by molar-refractivity contribution is -0.136. The Bertz CT molecular complexity index is 3210. The van der Waals surface area contributed by atoms with Crippen LogP contribution in [-0.2, 0) is 39.8 Å². The lowest BCUT2D eigenvalue weighted by Gasteiger charge is -2.42. The number of likely N-dealkylation sites (tertiary alicyclic amines) is 1. The number of hydrogen-bond donors (Lipinski definition) is 2. The number of nitrogens with zero attached hydrogens (tertiary/aromatic N) is 8. The molecule has 3 atom stereocenters. The summed E-state index contributed by atoms with van der Waals surface area (Å²) in [5.74, 6) is -3.21. The molecule has 18 heteroatoms. The first-order valence-electron chi connectivity index (χ1n) is 26.1. The molecule has 6 aliphatic heterocycles. The molecule has 4 amide bonds. The van der Waals surface area contributed by atoms with E-state index in [0.29, 0.717) is 87.0 Å². The van der Waals surface area contributed by atoms with Gasteiger partial charge in [0.05, 0.1) is 16.8 Å². The molecule has 0 radical (unpaired) electrons. The number of aromatic nitrogens is 3. The molecule has 0 saturated carbocycles. The third kappa shape index (κ3) is 8.71. The van der Waals surface area contributed by atoms with E-state index in [1.807, 2.05) is 29.8 Å². The van der Waals surface area contributed by atoms with Crippen molar-refractivity contribution in [3.05, 3.63) is 122 Å². The van der Waals surface area contributed by atoms with Crippen molar-refractivity contribution < 1.29 is 32.3 Å². The maximum absolute atomic E-state index is 16.0. The quantitative estimate of drug-likeness (QED) is 0.150. The summed E-state index contributed by atoms with van der Waals surface area (Å²) in [6, 6.07) is 10.6. The first-order chi connectivity index (χ1) is 35.5. The molecule has 5 aromatic rings. The van der Waals surface area contributed by atoms with Gasteiger partial charge in [0.15, 0.2) is 0 Å². The predicted molar refractivity (Wildman–Crippen MR) is 275 cm³/mol. The van der Waals surface area contributed by atoms with E-state index in [2.05, 4.69) is 50.2 Å². The number of carbonyl (C=O) groups is 4. The van der Waals surface area contributed by atoms with Crippen LogP contribution in [0.2, 0.25) is 0 Å². The van der Waals surface area contributed by atoms with Gasteiger partial charge >= 0.3 is 0 Å². The number of aryl methyl sites for hydroxylation is 1. The van der Waals surface area contributed by atoms with Crippen molar-refractivity contribution in [1.82, 2.24) is 39.0 Å². The van der Waals surface area contributed by atoms with Gasteiger partial charge in [-0.05, 0) is 119 Å². The number of hydrogen-bond acceptors (Lipinski definition) is 10. The molecule has 3 fully saturated rings. The third-order valence-electron chi connectivity index (χ3n) is 16.9. The van der Waals surface area contributed by atoms with Crippen LogP contribution in [0.25, 0.3) is 22.3 Å². The van der Waals surface area contributed by atoms with E-state index in [1.54, 1.807) is 41.8 Å². The van der Waals surface area contributed by atoms with Gasteiger partial charge in [0, 0.05) is 142 Å². The number of piperazine rings is 1. The summed E-state index contributed by atoms with van der Waals surface area (Å²) in [4.78, 5) is 80.1. The van der Waals surface area contributed by atoms with Crippen molar-refractivity contribution in [3.63, 3.8) is 0 Å². The SMILES string of the molecule is CC1CN(Cc2cc3c(cc2F)N(C2CCC(=O)NC2=O)C(=O)C3(C)C)CCN1CC1CCN(C(=O)c2cc(F)c(C3=CCN([C@@H](C)c4cc5c(-n6ccc7c(c6=O)CCN7)ccnc5n4C)CC3)c(F)c2)CC1. The fourth-order valence-corrected chi connectivity index (χ4v) is 12.5. The number of piperidine rings is 2. The van der Waals surface area contributed by atoms with Gasteiger partial charge in [-0.15, -0.1) is 0 Å². The molecular formula is C56H63F3N10O5. The first-order valence-corrected chi connectivity index (χ1v) is 26.1. The maximum Gasteiger partial charge on any atom is 0.260 e. The number of fused-ring (bicyclic) bond motifs is 3. The van der Waals surface area contributed by atoms with Gasteiger partial charge in [0.1, 0.15) is 29.1 Å². The molecule has 0 aliphatic carbocycles. The standard InChI is InChI=1S/C56H63F3N10O5/c1-32-29-64(31-37-24-40-48(28-41(37)57)69(55(74)56(40,3)4)46-6-7-49(70)62-52(46)71)22-23-67(32)30-34-10-17-66(18-11-34)53(72)36-25-42(58)50(43(59)26-36)35-12-19-65(20-13-35)33(2)47-27-39-45(9-16-61-51(39)63(47)5)68-21-14-44-38(54(68)73)8-15-60-44/h9,12,14,16,21,24-28,32-34,46,60H,6-8,10-11,13,15,17-20,22-23,29-31H2,1-5H3,(H,62,70,71)/t32?,33-,46?/m0/s1. The van der Waals surface area contributed by atoms with Crippen LogP contribution in [0.3, 0.4) is 0 Å². The van der Waals surface area contributed by atoms with Gasteiger partial charge in [-0.2, -0.15) is 0 Å². The first kappa shape index (κ1) is 49.6. The molecule has 3 aromatic heterocycles. The molecule has 2 unspecified atom stereocenters. The Morgan fingerprint density at radius 2 is 1.66 bits per heavy atom. The van der Waals surface area contributed by atoms with Gasteiger partial charge in [-0.3, -0.25) is 53.5 Å². The van der Waals surface area contributed by atoms with Crippen LogP contribution in [0.15, 0.2) is 65.7 Å². The molecule has 74 heavy (non-hydrogen) atoms. The number of rotatable bonds is 10. The molecule has 2 aromatic carbocycles. The van der Waals surface area contributed by atoms with E-state index in [4.69, 9.17) is 0 Å². The Morgan fingerprint density at radius 3 is 2.38 bits per heavy atom. The Kier molecular flexibility index (Phi) is 12.9. The monoisotopic (exact) mass is 1010 g/mol. The van der Waals surface area contributed by atoms with E-state index in [1.165, 1.54) is 23.1 Å². The second kappa shape index (κ2) is 19.3. The Hall–Kier alpha value is -6.63. The summed E-state index contributed by atoms with van der Waals surface area (Å²) in [6.07, 6.45) is 8.32. The molecule has 3 saturated heterocycles. The number of nitrogens with one attached hydrogen (secondary N) is 2. The second-order valence-corrected chi connectivity index (χ2v) is 21.8. The van der Waals surface area contributed by atoms with Gasteiger partial charge in [0.2, 0.25) is 17.7 Å². The van der Waals surface area contributed by atoms with Crippen LogP contribution in [-0.4, -0.2) is 128 Å². The van der Waals surface area contributed by atoms with E-state index >= 15 is 13.2 Å². The van der Waals surface area contributed by atoms with Crippen LogP contribution in [0.5, 0.6) is 0 Å². The highest BCUT2D eigenvalue weighted by Gasteiger charge is 2.50. The zero-order valence-electron chi connectivity index (χ0n) is 42.6. The topological polar surface area (TPSA) is 148 Å². The number of benzene rings is 2. The summed E-state index contributed by atoms with van der Waals surface area (Å²) in [5, 5.41) is 6.45. The molecular weight excluding hydrogens is 950 g/mol. The molecule has 0 bridgehead atoms. The number of halogens is 3. The van der Waals surface area contributed by atoms with Crippen molar-refractivity contribution in [2.45, 2.75) is 96.3 Å². The number of imide groups is 1. The van der Waals surface area contributed by atoms with Crippen LogP contribution in [0.1, 0.15) is 104 Å². The Labute approximate surface area is 428 Å². The Morgan fingerprint density at radius 1 is 0.892 bits per heavy atom. The predicted octanol–water partition coefficient (Wildman–Crippen LogP) is 6.45. The summed E-state index contributed by atoms with van der Waals surface area (Å²) in [6.45, 7) is 14.0. The molecule has 0 spiro atoms. The zero-order chi connectivity index (χ0) is 51.9. The third-order valence-corrected chi connectivity index (χ3v) is 16.9. The maximum atomic E-state index is 16.0. The highest BCUT2D eigenvalue weighted by molar-refractivity contribution is 6.13. The summed E-state index contributed by atoms with van der Waals surface area (Å²) < 4.78 is 51.5. The number of anilines is 2. The fraction of sp³-hybridized carbons (Fsp3) is 0.464. The molecule has 388 valence electrons. The van der Waals surface area contributed by atoms with Crippen molar-refractivity contribution in [2.24, 2.45) is 13.0 Å². The van der Waals surface area contributed by atoms with Crippen LogP contribution >= 0.6 is 0 Å². The number of pyridine rings is 2. The summed E-state index contributed by atoms with van der Waals surface area (Å²) in [5.41, 5.74) is 5.19. The van der Waals surface area contributed by atoms with E-state index in [0.717, 1.165) is 66.1 Å². The minimum atomic E-state index is -0.972. The fourth-order valence-electron chi connectivity index (χ4n) is 12.5. The summed E-state index contributed by atoms with van der Waals surface area (Å²) in [7, 11) is 1.96. The van der Waals surface area contributed by atoms with Gasteiger partial charge in [-0.1, -0.05) is 6.08 Å². The highest BCUT2D eigenvalue weighted by atomic mass is 19.1. The smallest absolute Gasteiger partial charge is 0.260 e. The van der Waals surface area contributed by atoms with E-state index < -0.39 is 34.8 Å². The van der Waals surface area contributed by atoms with Gasteiger partial charge in [-0.25, -0.2) is 18.2 Å². The minimum Gasteiger partial charge on any atom is -0.384 e. The van der Waals surface area contributed by atoms with Gasteiger partial charge in [0.25, 0.3) is 11.5 Å². The minimum absolute atomic E-state index is 0.00258. The second-order valence-electron chi connectivity index (χ2n) is 21.8. The number of amides is 4. The van der Waals surface area contributed by atoms with Crippen molar-refractivity contribution in [3.8, 4) is 5.69 Å². The lowest BCUT2D eigenvalue weighted by Crippen LogP contribution is -2.55. The average molecular weight is 1010 g/mol. The zero-order valence-corrected chi connectivity index (χ0v) is 42.6. The molecule has 9 heterocycles. The molecule has 6 aliphatic rings. The summed E-state index contributed by atoms with van der Waals surface area (Å²) >= 11 is 0. The normalized spacial score (nSPS) is 22.2. The van der Waals surface area contributed by atoms with Crippen molar-refractivity contribution >= 4 is 51.6 Å².